The van der Waals surface area contributed by atoms with Gasteiger partial charge in [0, 0.05) is 12.2 Å². The molecule has 2 aromatic carbocycles. The van der Waals surface area contributed by atoms with Crippen LogP contribution in [0.15, 0.2) is 42.5 Å². The summed E-state index contributed by atoms with van der Waals surface area (Å²) in [4.78, 5) is 12.0. The minimum atomic E-state index is -0.236. The third kappa shape index (κ3) is 5.05. The monoisotopic (exact) mass is 356 g/mol. The predicted molar refractivity (Wildman–Crippen MR) is 100 cm³/mol. The van der Waals surface area contributed by atoms with Gasteiger partial charge in [0.2, 0.25) is 0 Å². The van der Waals surface area contributed by atoms with Crippen LogP contribution in [0.2, 0.25) is 0 Å². The first-order chi connectivity index (χ1) is 12.6. The van der Waals surface area contributed by atoms with Gasteiger partial charge in [0.1, 0.15) is 19.0 Å². The third-order valence-electron chi connectivity index (χ3n) is 3.79. The van der Waals surface area contributed by atoms with Crippen LogP contribution < -0.4 is 24.8 Å². The first kappa shape index (κ1) is 17.9. The lowest BCUT2D eigenvalue weighted by atomic mass is 10.1. The highest BCUT2D eigenvalue weighted by Gasteiger charge is 2.11. The smallest absolute Gasteiger partial charge is 0.319 e. The minimum absolute atomic E-state index is 0.123. The highest BCUT2D eigenvalue weighted by molar-refractivity contribution is 5.89. The summed E-state index contributed by atoms with van der Waals surface area (Å²) in [5.74, 6) is 2.32. The molecule has 0 saturated heterocycles. The van der Waals surface area contributed by atoms with Crippen molar-refractivity contribution in [3.8, 4) is 17.2 Å². The van der Waals surface area contributed by atoms with E-state index in [9.17, 15) is 4.79 Å². The first-order valence-electron chi connectivity index (χ1n) is 8.80. The molecule has 0 bridgehead atoms. The lowest BCUT2D eigenvalue weighted by Crippen LogP contribution is -2.30. The Labute approximate surface area is 153 Å². The van der Waals surface area contributed by atoms with Crippen LogP contribution in [0.1, 0.15) is 19.4 Å². The first-order valence-corrected chi connectivity index (χ1v) is 8.80. The normalized spacial score (nSPS) is 12.6. The van der Waals surface area contributed by atoms with Crippen molar-refractivity contribution < 1.29 is 19.0 Å². The van der Waals surface area contributed by atoms with E-state index in [2.05, 4.69) is 10.6 Å². The Kier molecular flexibility index (Phi) is 5.84. The van der Waals surface area contributed by atoms with Crippen LogP contribution >= 0.6 is 0 Å². The zero-order chi connectivity index (χ0) is 18.4. The average Bonchev–Trinajstić information content (AvgIpc) is 2.63. The Balaban J connectivity index is 1.44. The molecule has 0 aromatic heterocycles. The number of carbonyl (C=O) groups is 1. The molecule has 6 heteroatoms. The van der Waals surface area contributed by atoms with Gasteiger partial charge in [0.15, 0.2) is 11.5 Å². The van der Waals surface area contributed by atoms with E-state index in [0.29, 0.717) is 26.2 Å². The summed E-state index contributed by atoms with van der Waals surface area (Å²) in [7, 11) is 0. The van der Waals surface area contributed by atoms with Crippen LogP contribution in [-0.2, 0) is 6.42 Å². The maximum atomic E-state index is 12.0. The molecule has 1 aliphatic heterocycles. The number of hydrogen-bond acceptors (Lipinski definition) is 4. The van der Waals surface area contributed by atoms with Crippen molar-refractivity contribution in [2.24, 2.45) is 0 Å². The number of nitrogens with one attached hydrogen (secondary N) is 2. The number of fused-ring (bicyclic) bond motifs is 1. The molecule has 2 N–H and O–H groups in total. The summed E-state index contributed by atoms with van der Waals surface area (Å²) in [5.41, 5.74) is 1.81. The molecule has 6 nitrogen and oxygen atoms in total. The fourth-order valence-corrected chi connectivity index (χ4v) is 2.63. The highest BCUT2D eigenvalue weighted by Crippen LogP contribution is 2.30. The Morgan fingerprint density at radius 3 is 2.54 bits per heavy atom. The van der Waals surface area contributed by atoms with Crippen LogP contribution in [-0.4, -0.2) is 31.9 Å². The highest BCUT2D eigenvalue weighted by atomic mass is 16.6. The van der Waals surface area contributed by atoms with Gasteiger partial charge in [-0.05, 0) is 62.2 Å². The van der Waals surface area contributed by atoms with Crippen LogP contribution in [0.25, 0.3) is 0 Å². The summed E-state index contributed by atoms with van der Waals surface area (Å²) in [6.45, 7) is 5.62. The van der Waals surface area contributed by atoms with E-state index in [-0.39, 0.29) is 12.1 Å². The van der Waals surface area contributed by atoms with E-state index in [0.717, 1.165) is 28.5 Å². The largest absolute Gasteiger partial charge is 0.491 e. The topological polar surface area (TPSA) is 68.8 Å². The Morgan fingerprint density at radius 2 is 1.81 bits per heavy atom. The molecule has 0 atom stereocenters. The van der Waals surface area contributed by atoms with Gasteiger partial charge in [-0.25, -0.2) is 4.79 Å². The van der Waals surface area contributed by atoms with Crippen molar-refractivity contribution in [1.82, 2.24) is 5.32 Å². The van der Waals surface area contributed by atoms with Gasteiger partial charge in [-0.1, -0.05) is 6.07 Å². The number of carbonyl (C=O) groups excluding carboxylic acids is 1. The van der Waals surface area contributed by atoms with E-state index >= 15 is 0 Å². The quantitative estimate of drug-likeness (QED) is 0.830. The Morgan fingerprint density at radius 1 is 1.08 bits per heavy atom. The van der Waals surface area contributed by atoms with Crippen molar-refractivity contribution in [2.75, 3.05) is 25.1 Å². The molecular weight excluding hydrogens is 332 g/mol. The molecule has 1 heterocycles. The zero-order valence-corrected chi connectivity index (χ0v) is 15.1. The zero-order valence-electron chi connectivity index (χ0n) is 15.1. The Hall–Kier alpha value is -2.89. The maximum absolute atomic E-state index is 12.0. The van der Waals surface area contributed by atoms with E-state index in [4.69, 9.17) is 14.2 Å². The molecule has 2 amide bonds. The molecule has 0 fully saturated rings. The van der Waals surface area contributed by atoms with Gasteiger partial charge < -0.3 is 24.8 Å². The van der Waals surface area contributed by atoms with Crippen molar-refractivity contribution in [1.29, 1.82) is 0 Å². The summed E-state index contributed by atoms with van der Waals surface area (Å²) in [5, 5.41) is 5.66. The summed E-state index contributed by atoms with van der Waals surface area (Å²) < 4.78 is 16.7. The molecule has 2 aromatic rings. The molecule has 3 rings (SSSR count). The van der Waals surface area contributed by atoms with Crippen LogP contribution in [0.5, 0.6) is 17.2 Å². The molecule has 0 spiro atoms. The van der Waals surface area contributed by atoms with Gasteiger partial charge in [-0.3, -0.25) is 0 Å². The second kappa shape index (κ2) is 8.47. The number of rotatable bonds is 6. The van der Waals surface area contributed by atoms with Crippen LogP contribution in [0, 0.1) is 0 Å². The lowest BCUT2D eigenvalue weighted by Gasteiger charge is -2.18. The number of ether oxygens (including phenoxy) is 3. The van der Waals surface area contributed by atoms with Crippen molar-refractivity contribution in [3.05, 3.63) is 48.0 Å². The van der Waals surface area contributed by atoms with Gasteiger partial charge >= 0.3 is 6.03 Å². The molecule has 0 radical (unpaired) electrons. The number of amides is 2. The van der Waals surface area contributed by atoms with E-state index in [1.165, 1.54) is 0 Å². The van der Waals surface area contributed by atoms with E-state index in [1.807, 2.05) is 56.3 Å². The molecule has 1 aliphatic rings. The standard InChI is InChI=1S/C20H24N2O4/c1-14(2)26-17-6-4-16(5-7-17)22-20(23)21-10-9-15-3-8-18-19(13-15)25-12-11-24-18/h3-8,13-14H,9-12H2,1-2H3,(H2,21,22,23). The fraction of sp³-hybridized carbons (Fsp3) is 0.350. The molecule has 26 heavy (non-hydrogen) atoms. The number of benzene rings is 2. The maximum Gasteiger partial charge on any atom is 0.319 e. The van der Waals surface area contributed by atoms with E-state index < -0.39 is 0 Å². The van der Waals surface area contributed by atoms with Gasteiger partial charge in [0.05, 0.1) is 6.10 Å². The predicted octanol–water partition coefficient (Wildman–Crippen LogP) is 3.61. The van der Waals surface area contributed by atoms with Crippen molar-refractivity contribution >= 4 is 11.7 Å². The number of urea groups is 1. The van der Waals surface area contributed by atoms with Gasteiger partial charge in [-0.15, -0.1) is 0 Å². The second-order valence-electron chi connectivity index (χ2n) is 6.30. The molecule has 0 saturated carbocycles. The summed E-state index contributed by atoms with van der Waals surface area (Å²) in [6, 6.07) is 12.9. The minimum Gasteiger partial charge on any atom is -0.491 e. The number of anilines is 1. The second-order valence-corrected chi connectivity index (χ2v) is 6.30. The molecule has 0 aliphatic carbocycles. The third-order valence-corrected chi connectivity index (χ3v) is 3.79. The Bertz CT molecular complexity index is 744. The SMILES string of the molecule is CC(C)Oc1ccc(NC(=O)NCCc2ccc3c(c2)OCCO3)cc1. The van der Waals surface area contributed by atoms with Crippen LogP contribution in [0.3, 0.4) is 0 Å². The summed E-state index contributed by atoms with van der Waals surface area (Å²) in [6.07, 6.45) is 0.836. The summed E-state index contributed by atoms with van der Waals surface area (Å²) >= 11 is 0. The van der Waals surface area contributed by atoms with E-state index in [1.54, 1.807) is 0 Å². The van der Waals surface area contributed by atoms with Gasteiger partial charge in [0.25, 0.3) is 0 Å². The van der Waals surface area contributed by atoms with Crippen molar-refractivity contribution in [3.63, 3.8) is 0 Å². The number of hydrogen-bond donors (Lipinski definition) is 2. The molecule has 138 valence electrons. The molecule has 0 unspecified atom stereocenters. The van der Waals surface area contributed by atoms with Crippen molar-refractivity contribution in [2.45, 2.75) is 26.4 Å². The van der Waals surface area contributed by atoms with Crippen LogP contribution in [0.4, 0.5) is 10.5 Å². The fourth-order valence-electron chi connectivity index (χ4n) is 2.63. The lowest BCUT2D eigenvalue weighted by molar-refractivity contribution is 0.171. The van der Waals surface area contributed by atoms with Gasteiger partial charge in [-0.2, -0.15) is 0 Å². The molecular formula is C20H24N2O4. The average molecular weight is 356 g/mol.